The molecule has 1 aliphatic heterocycles. The van der Waals surface area contributed by atoms with Crippen LogP contribution in [-0.2, 0) is 23.3 Å². The standard InChI is InChI=1S/C11H15N3O/c1-11(2,3)14-10(6-12)8-7-15-5-4-9(8)13-14/h4-5,7H2,1-3H3. The van der Waals surface area contributed by atoms with E-state index in [1.165, 1.54) is 0 Å². The van der Waals surface area contributed by atoms with Gasteiger partial charge in [0.25, 0.3) is 0 Å². The average molecular weight is 205 g/mol. The second kappa shape index (κ2) is 3.35. The molecule has 2 rings (SSSR count). The molecule has 0 fully saturated rings. The molecule has 0 aliphatic carbocycles. The van der Waals surface area contributed by atoms with E-state index in [1.807, 2.05) is 25.5 Å². The molecule has 1 aliphatic rings. The Morgan fingerprint density at radius 3 is 2.80 bits per heavy atom. The van der Waals surface area contributed by atoms with Crippen LogP contribution in [0.5, 0.6) is 0 Å². The van der Waals surface area contributed by atoms with Crippen molar-refractivity contribution in [2.45, 2.75) is 39.3 Å². The summed E-state index contributed by atoms with van der Waals surface area (Å²) in [5.41, 5.74) is 2.49. The van der Waals surface area contributed by atoms with Crippen molar-refractivity contribution in [1.29, 1.82) is 5.26 Å². The van der Waals surface area contributed by atoms with Gasteiger partial charge in [-0.3, -0.25) is 0 Å². The summed E-state index contributed by atoms with van der Waals surface area (Å²) in [6.45, 7) is 7.38. The van der Waals surface area contributed by atoms with E-state index >= 15 is 0 Å². The quantitative estimate of drug-likeness (QED) is 0.646. The van der Waals surface area contributed by atoms with Gasteiger partial charge in [-0.1, -0.05) is 0 Å². The predicted octanol–water partition coefficient (Wildman–Crippen LogP) is 1.58. The van der Waals surface area contributed by atoms with Gasteiger partial charge in [0.1, 0.15) is 11.8 Å². The van der Waals surface area contributed by atoms with Crippen molar-refractivity contribution in [2.75, 3.05) is 6.61 Å². The topological polar surface area (TPSA) is 50.8 Å². The molecule has 80 valence electrons. The van der Waals surface area contributed by atoms with Gasteiger partial charge in [-0.25, -0.2) is 4.68 Å². The summed E-state index contributed by atoms with van der Waals surface area (Å²) in [7, 11) is 0. The molecule has 0 amide bonds. The summed E-state index contributed by atoms with van der Waals surface area (Å²) >= 11 is 0. The van der Waals surface area contributed by atoms with E-state index in [0.717, 1.165) is 17.7 Å². The van der Waals surface area contributed by atoms with E-state index in [2.05, 4.69) is 11.2 Å². The summed E-state index contributed by atoms with van der Waals surface area (Å²) in [4.78, 5) is 0. The largest absolute Gasteiger partial charge is 0.376 e. The molecular weight excluding hydrogens is 190 g/mol. The first-order valence-corrected chi connectivity index (χ1v) is 5.13. The zero-order chi connectivity index (χ0) is 11.1. The van der Waals surface area contributed by atoms with Crippen LogP contribution in [0.3, 0.4) is 0 Å². The number of fused-ring (bicyclic) bond motifs is 1. The lowest BCUT2D eigenvalue weighted by Crippen LogP contribution is -2.24. The Morgan fingerprint density at radius 2 is 2.20 bits per heavy atom. The van der Waals surface area contributed by atoms with Gasteiger partial charge in [-0.2, -0.15) is 10.4 Å². The number of hydrogen-bond donors (Lipinski definition) is 0. The van der Waals surface area contributed by atoms with Crippen LogP contribution >= 0.6 is 0 Å². The van der Waals surface area contributed by atoms with Crippen LogP contribution in [0.25, 0.3) is 0 Å². The molecule has 0 bridgehead atoms. The van der Waals surface area contributed by atoms with Crippen LogP contribution in [0.2, 0.25) is 0 Å². The number of ether oxygens (including phenoxy) is 1. The monoisotopic (exact) mass is 205 g/mol. The van der Waals surface area contributed by atoms with E-state index in [9.17, 15) is 0 Å². The molecule has 0 atom stereocenters. The molecule has 15 heavy (non-hydrogen) atoms. The van der Waals surface area contributed by atoms with Crippen LogP contribution in [-0.4, -0.2) is 16.4 Å². The van der Waals surface area contributed by atoms with Crippen molar-refractivity contribution in [3.63, 3.8) is 0 Å². The van der Waals surface area contributed by atoms with Crippen molar-refractivity contribution in [1.82, 2.24) is 9.78 Å². The third-order valence-electron chi connectivity index (χ3n) is 2.54. The molecule has 0 saturated heterocycles. The maximum Gasteiger partial charge on any atom is 0.144 e. The summed E-state index contributed by atoms with van der Waals surface area (Å²) in [6.07, 6.45) is 0.813. The first-order valence-electron chi connectivity index (χ1n) is 5.13. The van der Waals surface area contributed by atoms with Gasteiger partial charge in [-0.15, -0.1) is 0 Å². The molecule has 4 heteroatoms. The van der Waals surface area contributed by atoms with Crippen molar-refractivity contribution in [3.05, 3.63) is 17.0 Å². The predicted molar refractivity (Wildman–Crippen MR) is 55.3 cm³/mol. The molecule has 0 N–H and O–H groups in total. The van der Waals surface area contributed by atoms with Gasteiger partial charge in [0.2, 0.25) is 0 Å². The number of rotatable bonds is 0. The lowest BCUT2D eigenvalue weighted by molar-refractivity contribution is 0.110. The Balaban J connectivity index is 2.58. The highest BCUT2D eigenvalue weighted by Gasteiger charge is 2.26. The van der Waals surface area contributed by atoms with Gasteiger partial charge >= 0.3 is 0 Å². The minimum Gasteiger partial charge on any atom is -0.376 e. The van der Waals surface area contributed by atoms with Gasteiger partial charge in [0.05, 0.1) is 24.4 Å². The number of nitriles is 1. The minimum absolute atomic E-state index is 0.150. The minimum atomic E-state index is -0.150. The van der Waals surface area contributed by atoms with E-state index < -0.39 is 0 Å². The Hall–Kier alpha value is -1.34. The fourth-order valence-electron chi connectivity index (χ4n) is 1.79. The van der Waals surface area contributed by atoms with E-state index in [-0.39, 0.29) is 5.54 Å². The first-order chi connectivity index (χ1) is 7.04. The molecular formula is C11H15N3O. The SMILES string of the molecule is CC(C)(C)n1nc2c(c1C#N)COCC2. The molecule has 0 radical (unpaired) electrons. The van der Waals surface area contributed by atoms with Crippen LogP contribution in [0.15, 0.2) is 0 Å². The fraction of sp³-hybridized carbons (Fsp3) is 0.636. The smallest absolute Gasteiger partial charge is 0.144 e. The Bertz CT molecular complexity index is 420. The first kappa shape index (κ1) is 10.2. The lowest BCUT2D eigenvalue weighted by atomic mass is 10.1. The van der Waals surface area contributed by atoms with Gasteiger partial charge in [0.15, 0.2) is 0 Å². The summed E-state index contributed by atoms with van der Waals surface area (Å²) in [5.74, 6) is 0. The zero-order valence-electron chi connectivity index (χ0n) is 9.37. The maximum absolute atomic E-state index is 9.16. The lowest BCUT2D eigenvalue weighted by Gasteiger charge is -2.20. The van der Waals surface area contributed by atoms with Crippen LogP contribution in [0, 0.1) is 11.3 Å². The number of hydrogen-bond acceptors (Lipinski definition) is 3. The van der Waals surface area contributed by atoms with Crippen molar-refractivity contribution >= 4 is 0 Å². The molecule has 1 aromatic heterocycles. The van der Waals surface area contributed by atoms with E-state index in [4.69, 9.17) is 10.00 Å². The molecule has 2 heterocycles. The number of aromatic nitrogens is 2. The molecule has 0 spiro atoms. The average Bonchev–Trinajstić information content (AvgIpc) is 2.55. The molecule has 0 saturated carbocycles. The van der Waals surface area contributed by atoms with Crippen LogP contribution in [0.1, 0.15) is 37.7 Å². The second-order valence-electron chi connectivity index (χ2n) is 4.77. The third kappa shape index (κ3) is 1.64. The highest BCUT2D eigenvalue weighted by atomic mass is 16.5. The number of nitrogens with zero attached hydrogens (tertiary/aromatic N) is 3. The van der Waals surface area contributed by atoms with Crippen LogP contribution in [0.4, 0.5) is 0 Å². The van der Waals surface area contributed by atoms with Gasteiger partial charge in [0, 0.05) is 12.0 Å². The summed E-state index contributed by atoms with van der Waals surface area (Å²) in [6, 6.07) is 2.23. The van der Waals surface area contributed by atoms with Crippen molar-refractivity contribution in [2.24, 2.45) is 0 Å². The van der Waals surface area contributed by atoms with Gasteiger partial charge < -0.3 is 4.74 Å². The Labute approximate surface area is 89.5 Å². The zero-order valence-corrected chi connectivity index (χ0v) is 9.37. The van der Waals surface area contributed by atoms with E-state index in [1.54, 1.807) is 0 Å². The highest BCUT2D eigenvalue weighted by molar-refractivity contribution is 5.36. The molecule has 1 aromatic rings. The third-order valence-corrected chi connectivity index (χ3v) is 2.54. The Morgan fingerprint density at radius 1 is 1.47 bits per heavy atom. The summed E-state index contributed by atoms with van der Waals surface area (Å²) in [5, 5.41) is 13.7. The summed E-state index contributed by atoms with van der Waals surface area (Å²) < 4.78 is 7.17. The normalized spacial score (nSPS) is 15.9. The van der Waals surface area contributed by atoms with E-state index in [0.29, 0.717) is 18.9 Å². The maximum atomic E-state index is 9.16. The van der Waals surface area contributed by atoms with Gasteiger partial charge in [-0.05, 0) is 20.8 Å². The van der Waals surface area contributed by atoms with Crippen molar-refractivity contribution in [3.8, 4) is 6.07 Å². The second-order valence-corrected chi connectivity index (χ2v) is 4.77. The van der Waals surface area contributed by atoms with Crippen molar-refractivity contribution < 1.29 is 4.74 Å². The van der Waals surface area contributed by atoms with Crippen LogP contribution < -0.4 is 0 Å². The molecule has 0 aromatic carbocycles. The molecule has 4 nitrogen and oxygen atoms in total. The highest BCUT2D eigenvalue weighted by Crippen LogP contribution is 2.24. The fourth-order valence-corrected chi connectivity index (χ4v) is 1.79. The molecule has 0 unspecified atom stereocenters. The Kier molecular flexibility index (Phi) is 2.28.